The van der Waals surface area contributed by atoms with E-state index in [9.17, 15) is 35.4 Å². The second-order valence-corrected chi connectivity index (χ2v) is 13.2. The summed E-state index contributed by atoms with van der Waals surface area (Å²) in [6.07, 6.45) is -7.91. The molecule has 3 aromatic carbocycles. The van der Waals surface area contributed by atoms with Crippen LogP contribution in [0, 0.1) is 0 Å². The van der Waals surface area contributed by atoms with Gasteiger partial charge in [-0.1, -0.05) is 30.3 Å². The monoisotopic (exact) mass is 732 g/mol. The van der Waals surface area contributed by atoms with Gasteiger partial charge in [-0.3, -0.25) is 4.79 Å². The van der Waals surface area contributed by atoms with E-state index in [2.05, 4.69) is 10.3 Å². The third-order valence-electron chi connectivity index (χ3n) is 9.59. The predicted molar refractivity (Wildman–Crippen MR) is 186 cm³/mol. The fourth-order valence-corrected chi connectivity index (χ4v) is 6.64. The SMILES string of the molecule is C/C(=C\c1ccc(O[C@@H]2O[C@H](/C(C)=C/COc3ccccc3-c3nc4ccccc4o3)[C@@H](O)[C@@H]2O)c(O)c1)C(=O)N[C@@H]1[C@H](O)[C@@H](O)[C@H]2OCO[C@H]2[C@@H]1O. The number of carbonyl (C=O) groups excluding carboxylic acids is 1. The van der Waals surface area contributed by atoms with Crippen molar-refractivity contribution < 1.29 is 63.5 Å². The van der Waals surface area contributed by atoms with Gasteiger partial charge in [0.15, 0.2) is 17.1 Å². The summed E-state index contributed by atoms with van der Waals surface area (Å²) in [5.74, 6) is -0.0562. The van der Waals surface area contributed by atoms with Gasteiger partial charge in [0, 0.05) is 5.57 Å². The quantitative estimate of drug-likeness (QED) is 0.0913. The highest BCUT2D eigenvalue weighted by molar-refractivity contribution is 5.97. The zero-order valence-electron chi connectivity index (χ0n) is 28.7. The van der Waals surface area contributed by atoms with Crippen LogP contribution in [0.25, 0.3) is 28.6 Å². The number of para-hydroxylation sites is 3. The molecule has 3 heterocycles. The van der Waals surface area contributed by atoms with Crippen LogP contribution in [0.4, 0.5) is 0 Å². The molecule has 0 radical (unpaired) electrons. The van der Waals surface area contributed by atoms with Crippen LogP contribution in [0.3, 0.4) is 0 Å². The molecule has 7 N–H and O–H groups in total. The molecule has 2 saturated heterocycles. The minimum atomic E-state index is -1.50. The lowest BCUT2D eigenvalue weighted by Crippen LogP contribution is -2.67. The number of aliphatic hydroxyl groups is 5. The first kappa shape index (κ1) is 36.5. The average molecular weight is 733 g/mol. The van der Waals surface area contributed by atoms with Crippen molar-refractivity contribution in [3.8, 4) is 28.7 Å². The Balaban J connectivity index is 0.956. The van der Waals surface area contributed by atoms with E-state index in [4.69, 9.17) is 28.1 Å². The Bertz CT molecular complexity index is 1980. The zero-order chi connectivity index (χ0) is 37.4. The third-order valence-corrected chi connectivity index (χ3v) is 9.59. The number of aliphatic hydroxyl groups excluding tert-OH is 5. The Kier molecular flexibility index (Phi) is 10.5. The number of fused-ring (bicyclic) bond motifs is 2. The van der Waals surface area contributed by atoms with Crippen LogP contribution in [0.2, 0.25) is 0 Å². The van der Waals surface area contributed by atoms with E-state index in [1.807, 2.05) is 42.5 Å². The number of oxazole rings is 1. The van der Waals surface area contributed by atoms with Gasteiger partial charge in [0.1, 0.15) is 73.5 Å². The molecule has 1 aliphatic carbocycles. The molecule has 280 valence electrons. The topological polar surface area (TPSA) is 223 Å². The fourth-order valence-electron chi connectivity index (χ4n) is 6.64. The molecular weight excluding hydrogens is 692 g/mol. The first-order valence-electron chi connectivity index (χ1n) is 17.0. The van der Waals surface area contributed by atoms with E-state index in [0.717, 1.165) is 5.52 Å². The number of aromatic hydroxyl groups is 1. The van der Waals surface area contributed by atoms with E-state index in [1.54, 1.807) is 25.1 Å². The van der Waals surface area contributed by atoms with Gasteiger partial charge in [-0.25, -0.2) is 4.98 Å². The summed E-state index contributed by atoms with van der Waals surface area (Å²) >= 11 is 0. The third kappa shape index (κ3) is 7.38. The number of ether oxygens (including phenoxy) is 5. The Hall–Kier alpha value is -4.84. The van der Waals surface area contributed by atoms with Crippen molar-refractivity contribution in [2.45, 2.75) is 75.0 Å². The van der Waals surface area contributed by atoms with E-state index < -0.39 is 67.1 Å². The Labute approximate surface area is 303 Å². The van der Waals surface area contributed by atoms with E-state index >= 15 is 0 Å². The van der Waals surface area contributed by atoms with Crippen LogP contribution >= 0.6 is 0 Å². The molecule has 0 spiro atoms. The lowest BCUT2D eigenvalue weighted by atomic mass is 9.83. The lowest BCUT2D eigenvalue weighted by Gasteiger charge is -2.41. The number of hydrogen-bond donors (Lipinski definition) is 7. The number of hydrogen-bond acceptors (Lipinski definition) is 14. The van der Waals surface area contributed by atoms with Gasteiger partial charge in [-0.05, 0) is 73.5 Å². The molecule has 0 bridgehead atoms. The second-order valence-electron chi connectivity index (χ2n) is 13.2. The normalized spacial score (nSPS) is 30.3. The molecule has 10 atom stereocenters. The number of carbonyl (C=O) groups is 1. The van der Waals surface area contributed by atoms with Crippen LogP contribution in [0.5, 0.6) is 17.2 Å². The number of benzene rings is 3. The maximum Gasteiger partial charge on any atom is 0.247 e. The maximum atomic E-state index is 13.0. The smallest absolute Gasteiger partial charge is 0.247 e. The maximum absolute atomic E-state index is 13.0. The van der Waals surface area contributed by atoms with Crippen molar-refractivity contribution in [2.75, 3.05) is 13.4 Å². The molecule has 2 aliphatic heterocycles. The summed E-state index contributed by atoms with van der Waals surface area (Å²) in [6, 6.07) is 17.8. The van der Waals surface area contributed by atoms with Gasteiger partial charge < -0.3 is 64.1 Å². The van der Waals surface area contributed by atoms with Gasteiger partial charge in [-0.15, -0.1) is 0 Å². The summed E-state index contributed by atoms with van der Waals surface area (Å²) < 4.78 is 34.1. The summed E-state index contributed by atoms with van der Waals surface area (Å²) in [7, 11) is 0. The molecule has 4 aromatic rings. The van der Waals surface area contributed by atoms with Gasteiger partial charge in [0.2, 0.25) is 18.1 Å². The Morgan fingerprint density at radius 1 is 0.887 bits per heavy atom. The zero-order valence-corrected chi connectivity index (χ0v) is 28.7. The first-order valence-corrected chi connectivity index (χ1v) is 17.0. The number of phenols is 1. The average Bonchev–Trinajstić information content (AvgIpc) is 3.89. The highest BCUT2D eigenvalue weighted by Crippen LogP contribution is 2.35. The standard InChI is InChI=1S/C38H40N2O13/c1-18(13-14-48-24-9-5-3-7-21(24)37-39-22-8-4-6-10-25(22)51-37)33-31(45)32(46)38(53-33)52-26-12-11-20(16-23(26)41)15-19(2)36(47)40-27-28(42)30(44)35-34(29(27)43)49-17-50-35/h3-13,15-16,27-35,38,41-46H,14,17H2,1-2H3,(H,40,47)/b18-13+,19-15+/t27-,28+,29-,30-,31+,32+,33-,34+,35-,38-/m1/s1. The first-order chi connectivity index (χ1) is 25.5. The lowest BCUT2D eigenvalue weighted by molar-refractivity contribution is -0.155. The number of rotatable bonds is 10. The van der Waals surface area contributed by atoms with Crippen LogP contribution in [0.1, 0.15) is 19.4 Å². The fraction of sp³-hybridized carbons (Fsp3) is 0.368. The molecule has 0 unspecified atom stereocenters. The molecule has 1 saturated carbocycles. The van der Waals surface area contributed by atoms with Crippen LogP contribution in [-0.4, -0.2) is 116 Å². The summed E-state index contributed by atoms with van der Waals surface area (Å²) in [4.78, 5) is 17.5. The minimum Gasteiger partial charge on any atom is -0.504 e. The van der Waals surface area contributed by atoms with E-state index in [1.165, 1.54) is 25.1 Å². The summed E-state index contributed by atoms with van der Waals surface area (Å²) in [5.41, 5.74) is 3.20. The van der Waals surface area contributed by atoms with Crippen LogP contribution in [0.15, 0.2) is 88.4 Å². The minimum absolute atomic E-state index is 0.0438. The Morgan fingerprint density at radius 3 is 2.40 bits per heavy atom. The molecule has 1 amide bonds. The van der Waals surface area contributed by atoms with Gasteiger partial charge >= 0.3 is 0 Å². The van der Waals surface area contributed by atoms with Crippen molar-refractivity contribution >= 4 is 23.1 Å². The predicted octanol–water partition coefficient (Wildman–Crippen LogP) is 1.78. The molecule has 3 aliphatic rings. The van der Waals surface area contributed by atoms with Crippen LogP contribution in [-0.2, 0) is 19.0 Å². The summed E-state index contributed by atoms with van der Waals surface area (Å²) in [5, 5.41) is 66.3. The molecule has 15 nitrogen and oxygen atoms in total. The molecule has 3 fully saturated rings. The van der Waals surface area contributed by atoms with E-state index in [0.29, 0.717) is 33.9 Å². The number of nitrogens with one attached hydrogen (secondary N) is 1. The molecule has 7 rings (SSSR count). The molecule has 1 aromatic heterocycles. The van der Waals surface area contributed by atoms with Crippen LogP contribution < -0.4 is 14.8 Å². The van der Waals surface area contributed by atoms with Crippen molar-refractivity contribution in [1.82, 2.24) is 10.3 Å². The largest absolute Gasteiger partial charge is 0.504 e. The summed E-state index contributed by atoms with van der Waals surface area (Å²) in [6.45, 7) is 3.17. The van der Waals surface area contributed by atoms with Crippen molar-refractivity contribution in [3.63, 3.8) is 0 Å². The number of nitrogens with zero attached hydrogens (tertiary/aromatic N) is 1. The van der Waals surface area contributed by atoms with Crippen molar-refractivity contribution in [2.24, 2.45) is 0 Å². The van der Waals surface area contributed by atoms with Crippen molar-refractivity contribution in [1.29, 1.82) is 0 Å². The van der Waals surface area contributed by atoms with Gasteiger partial charge in [-0.2, -0.15) is 0 Å². The highest BCUT2D eigenvalue weighted by Gasteiger charge is 2.53. The molecule has 53 heavy (non-hydrogen) atoms. The van der Waals surface area contributed by atoms with E-state index in [-0.39, 0.29) is 30.5 Å². The van der Waals surface area contributed by atoms with Gasteiger partial charge in [0.25, 0.3) is 0 Å². The van der Waals surface area contributed by atoms with Crippen molar-refractivity contribution in [3.05, 3.63) is 89.5 Å². The Morgan fingerprint density at radius 2 is 1.62 bits per heavy atom. The number of amides is 1. The number of phenolic OH excluding ortho intramolecular Hbond substituents is 1. The second kappa shape index (κ2) is 15.3. The number of aromatic nitrogens is 1. The molecule has 15 heteroatoms. The molecular formula is C38H40N2O13. The highest BCUT2D eigenvalue weighted by atomic mass is 16.7. The van der Waals surface area contributed by atoms with Gasteiger partial charge in [0.05, 0.1) is 11.6 Å².